The Hall–Kier alpha value is -3.75. The van der Waals surface area contributed by atoms with Crippen LogP contribution in [0.25, 0.3) is 11.1 Å². The summed E-state index contributed by atoms with van der Waals surface area (Å²) in [4.78, 5) is 36.1. The van der Waals surface area contributed by atoms with Gasteiger partial charge in [0, 0.05) is 13.0 Å². The number of hydrogen-bond acceptors (Lipinski definition) is 6. The lowest BCUT2D eigenvalue weighted by atomic mass is 10.3. The molecular weight excluding hydrogens is 390 g/mol. The van der Waals surface area contributed by atoms with Gasteiger partial charge in [0.1, 0.15) is 11.5 Å². The number of nitrogens with one attached hydrogen (secondary N) is 2. The molecule has 1 heterocycles. The van der Waals surface area contributed by atoms with Crippen LogP contribution in [-0.2, 0) is 16.1 Å². The van der Waals surface area contributed by atoms with Crippen molar-refractivity contribution in [1.29, 1.82) is 0 Å². The third-order valence-electron chi connectivity index (χ3n) is 4.28. The maximum absolute atomic E-state index is 12.1. The van der Waals surface area contributed by atoms with Gasteiger partial charge in [-0.05, 0) is 50.2 Å². The zero-order valence-corrected chi connectivity index (χ0v) is 16.7. The molecule has 2 amide bonds. The maximum atomic E-state index is 12.1. The van der Waals surface area contributed by atoms with E-state index in [0.29, 0.717) is 29.2 Å². The van der Waals surface area contributed by atoms with Crippen LogP contribution < -0.4 is 26.1 Å². The van der Waals surface area contributed by atoms with Gasteiger partial charge in [0.25, 0.3) is 5.91 Å². The quantitative estimate of drug-likeness (QED) is 0.547. The van der Waals surface area contributed by atoms with E-state index in [4.69, 9.17) is 13.9 Å². The van der Waals surface area contributed by atoms with Crippen molar-refractivity contribution in [3.8, 4) is 11.5 Å². The molecule has 2 N–H and O–H groups in total. The fourth-order valence-corrected chi connectivity index (χ4v) is 2.77. The highest BCUT2D eigenvalue weighted by Gasteiger charge is 2.16. The van der Waals surface area contributed by atoms with E-state index in [1.54, 1.807) is 55.5 Å². The van der Waals surface area contributed by atoms with Gasteiger partial charge in [-0.2, -0.15) is 0 Å². The van der Waals surface area contributed by atoms with Gasteiger partial charge >= 0.3 is 5.76 Å². The highest BCUT2D eigenvalue weighted by Crippen LogP contribution is 2.18. The first-order chi connectivity index (χ1) is 14.5. The molecule has 9 heteroatoms. The topological polar surface area (TPSA) is 112 Å². The van der Waals surface area contributed by atoms with E-state index in [9.17, 15) is 14.4 Å². The molecule has 3 aromatic rings. The predicted octanol–water partition coefficient (Wildman–Crippen LogP) is 2.00. The van der Waals surface area contributed by atoms with Crippen molar-refractivity contribution >= 4 is 22.9 Å². The van der Waals surface area contributed by atoms with E-state index in [1.165, 1.54) is 4.57 Å². The zero-order valence-electron chi connectivity index (χ0n) is 16.7. The van der Waals surface area contributed by atoms with Crippen LogP contribution in [-0.4, -0.2) is 29.1 Å². The second-order valence-electron chi connectivity index (χ2n) is 6.44. The Labute approximate surface area is 172 Å². The molecule has 30 heavy (non-hydrogen) atoms. The number of hydrazine groups is 1. The van der Waals surface area contributed by atoms with Crippen molar-refractivity contribution in [3.63, 3.8) is 0 Å². The molecule has 3 rings (SSSR count). The van der Waals surface area contributed by atoms with Gasteiger partial charge in [0.2, 0.25) is 5.91 Å². The highest BCUT2D eigenvalue weighted by atomic mass is 16.5. The average molecular weight is 413 g/mol. The minimum absolute atomic E-state index is 0.0160. The number of carbonyl (C=O) groups excluding carboxylic acids is 2. The lowest BCUT2D eigenvalue weighted by Crippen LogP contribution is -2.47. The first kappa shape index (κ1) is 21.0. The summed E-state index contributed by atoms with van der Waals surface area (Å²) in [5.74, 6) is -0.292. The summed E-state index contributed by atoms with van der Waals surface area (Å²) in [5, 5.41) is 0. The van der Waals surface area contributed by atoms with Gasteiger partial charge in [-0.25, -0.2) is 4.79 Å². The number of carbonyl (C=O) groups is 2. The van der Waals surface area contributed by atoms with Gasteiger partial charge in [-0.15, -0.1) is 0 Å². The molecular formula is C21H23N3O6. The van der Waals surface area contributed by atoms with E-state index < -0.39 is 23.7 Å². The molecule has 0 aliphatic carbocycles. The first-order valence-electron chi connectivity index (χ1n) is 9.54. The Kier molecular flexibility index (Phi) is 6.74. The van der Waals surface area contributed by atoms with Crippen molar-refractivity contribution in [1.82, 2.24) is 15.4 Å². The maximum Gasteiger partial charge on any atom is 0.419 e. The van der Waals surface area contributed by atoms with Crippen LogP contribution >= 0.6 is 0 Å². The number of aryl methyl sites for hydroxylation is 1. The fraction of sp³-hybridized carbons (Fsp3) is 0.286. The second kappa shape index (κ2) is 9.64. The zero-order chi connectivity index (χ0) is 21.5. The van der Waals surface area contributed by atoms with Crippen LogP contribution in [0.15, 0.2) is 57.7 Å². The Morgan fingerprint density at radius 1 is 1.07 bits per heavy atom. The third-order valence-corrected chi connectivity index (χ3v) is 4.28. The average Bonchev–Trinajstić information content (AvgIpc) is 3.07. The van der Waals surface area contributed by atoms with Gasteiger partial charge in [-0.3, -0.25) is 25.0 Å². The largest absolute Gasteiger partial charge is 0.494 e. The van der Waals surface area contributed by atoms with Crippen molar-refractivity contribution in [3.05, 3.63) is 59.1 Å². The summed E-state index contributed by atoms with van der Waals surface area (Å²) in [6.45, 7) is 4.13. The van der Waals surface area contributed by atoms with Crippen LogP contribution in [0.3, 0.4) is 0 Å². The number of para-hydroxylation sites is 2. The number of fused-ring (bicyclic) bond motifs is 1. The van der Waals surface area contributed by atoms with E-state index in [0.717, 1.165) is 0 Å². The summed E-state index contributed by atoms with van der Waals surface area (Å²) in [5.41, 5.74) is 5.70. The molecule has 0 aliphatic rings. The monoisotopic (exact) mass is 413 g/mol. The molecule has 0 saturated heterocycles. The molecule has 0 bridgehead atoms. The molecule has 2 aromatic carbocycles. The predicted molar refractivity (Wildman–Crippen MR) is 109 cm³/mol. The summed E-state index contributed by atoms with van der Waals surface area (Å²) >= 11 is 0. The van der Waals surface area contributed by atoms with Gasteiger partial charge in [0.15, 0.2) is 11.7 Å². The Bertz CT molecular complexity index is 1070. The summed E-state index contributed by atoms with van der Waals surface area (Å²) < 4.78 is 17.4. The van der Waals surface area contributed by atoms with Crippen molar-refractivity contribution in [2.24, 2.45) is 0 Å². The number of amides is 2. The first-order valence-corrected chi connectivity index (χ1v) is 9.54. The van der Waals surface area contributed by atoms with E-state index in [2.05, 4.69) is 10.9 Å². The van der Waals surface area contributed by atoms with Crippen LogP contribution in [0.4, 0.5) is 0 Å². The molecule has 0 fully saturated rings. The minimum atomic E-state index is -0.830. The Morgan fingerprint density at radius 2 is 1.77 bits per heavy atom. The smallest absolute Gasteiger partial charge is 0.419 e. The van der Waals surface area contributed by atoms with Crippen LogP contribution in [0.5, 0.6) is 11.5 Å². The van der Waals surface area contributed by atoms with Crippen LogP contribution in [0, 0.1) is 0 Å². The SMILES string of the molecule is CCOc1ccc(O[C@H](C)C(=O)NNC(=O)CCn2c(=O)oc3ccccc32)cc1. The molecule has 9 nitrogen and oxygen atoms in total. The molecule has 0 unspecified atom stereocenters. The molecule has 1 atom stereocenters. The number of oxazole rings is 1. The fourth-order valence-electron chi connectivity index (χ4n) is 2.77. The third kappa shape index (κ3) is 5.19. The number of rotatable bonds is 8. The Morgan fingerprint density at radius 3 is 2.50 bits per heavy atom. The van der Waals surface area contributed by atoms with E-state index >= 15 is 0 Å². The number of aromatic nitrogens is 1. The molecule has 0 radical (unpaired) electrons. The van der Waals surface area contributed by atoms with E-state index in [-0.39, 0.29) is 13.0 Å². The Balaban J connectivity index is 1.46. The second-order valence-corrected chi connectivity index (χ2v) is 6.44. The van der Waals surface area contributed by atoms with Crippen molar-refractivity contribution in [2.45, 2.75) is 32.9 Å². The molecule has 158 valence electrons. The number of ether oxygens (including phenoxy) is 2. The summed E-state index contributed by atoms with van der Waals surface area (Å²) in [7, 11) is 0. The van der Waals surface area contributed by atoms with Crippen LogP contribution in [0.2, 0.25) is 0 Å². The van der Waals surface area contributed by atoms with Gasteiger partial charge in [0.05, 0.1) is 12.1 Å². The lowest BCUT2D eigenvalue weighted by Gasteiger charge is -2.15. The molecule has 0 aliphatic heterocycles. The number of hydrogen-bond donors (Lipinski definition) is 2. The number of benzene rings is 2. The van der Waals surface area contributed by atoms with Gasteiger partial charge < -0.3 is 13.9 Å². The molecule has 0 saturated carbocycles. The summed E-state index contributed by atoms with van der Waals surface area (Å²) in [6.07, 6.45) is -0.846. The van der Waals surface area contributed by atoms with Gasteiger partial charge in [-0.1, -0.05) is 12.1 Å². The summed E-state index contributed by atoms with van der Waals surface area (Å²) in [6, 6.07) is 13.8. The minimum Gasteiger partial charge on any atom is -0.494 e. The van der Waals surface area contributed by atoms with Crippen molar-refractivity contribution < 1.29 is 23.5 Å². The van der Waals surface area contributed by atoms with E-state index in [1.807, 2.05) is 6.92 Å². The normalized spacial score (nSPS) is 11.7. The highest BCUT2D eigenvalue weighted by molar-refractivity contribution is 5.84. The van der Waals surface area contributed by atoms with Crippen LogP contribution in [0.1, 0.15) is 20.3 Å². The number of nitrogens with zero attached hydrogens (tertiary/aromatic N) is 1. The van der Waals surface area contributed by atoms with Crippen molar-refractivity contribution in [2.75, 3.05) is 6.61 Å². The molecule has 1 aromatic heterocycles. The molecule has 0 spiro atoms. The standard InChI is InChI=1S/C21H23N3O6/c1-3-28-15-8-10-16(11-9-15)29-14(2)20(26)23-22-19(25)12-13-24-17-6-4-5-7-18(17)30-21(24)27/h4-11,14H,3,12-13H2,1-2H3,(H,22,25)(H,23,26)/t14-/m1/s1. The lowest BCUT2D eigenvalue weighted by molar-refractivity contribution is -0.132.